The summed E-state index contributed by atoms with van der Waals surface area (Å²) in [6.45, 7) is 2.82. The van der Waals surface area contributed by atoms with Crippen LogP contribution in [0.25, 0.3) is 0 Å². The summed E-state index contributed by atoms with van der Waals surface area (Å²) in [4.78, 5) is 16.0. The van der Waals surface area contributed by atoms with Crippen molar-refractivity contribution in [2.24, 2.45) is 0 Å². The van der Waals surface area contributed by atoms with Crippen LogP contribution < -0.4 is 10.6 Å². The average Bonchev–Trinajstić information content (AvgIpc) is 3.03. The third kappa shape index (κ3) is 4.18. The maximum absolute atomic E-state index is 11.6. The fraction of sp³-hybridized carbons (Fsp3) is 0.692. The minimum Gasteiger partial charge on any atom is -0.388 e. The quantitative estimate of drug-likeness (QED) is 0.771. The van der Waals surface area contributed by atoms with Gasteiger partial charge in [0.25, 0.3) is 0 Å². The van der Waals surface area contributed by atoms with E-state index in [-0.39, 0.29) is 6.03 Å². The molecule has 0 aliphatic heterocycles. The molecule has 0 bridgehead atoms. The maximum atomic E-state index is 11.6. The lowest BCUT2D eigenvalue weighted by atomic mass is 10.0. The minimum atomic E-state index is -0.701. The molecular formula is C13H21N3O2S. The van der Waals surface area contributed by atoms with Crippen LogP contribution in [0.4, 0.5) is 4.79 Å². The highest BCUT2D eigenvalue weighted by Gasteiger charge is 2.31. The van der Waals surface area contributed by atoms with Gasteiger partial charge in [-0.1, -0.05) is 19.8 Å². The van der Waals surface area contributed by atoms with E-state index in [9.17, 15) is 9.90 Å². The predicted molar refractivity (Wildman–Crippen MR) is 75.1 cm³/mol. The van der Waals surface area contributed by atoms with Gasteiger partial charge in [0.05, 0.1) is 22.8 Å². The van der Waals surface area contributed by atoms with Gasteiger partial charge in [-0.25, -0.2) is 9.78 Å². The molecule has 1 aromatic rings. The molecule has 0 unspecified atom stereocenters. The summed E-state index contributed by atoms with van der Waals surface area (Å²) < 4.78 is 0. The van der Waals surface area contributed by atoms with E-state index in [1.807, 2.05) is 5.38 Å². The molecule has 2 rings (SSSR count). The topological polar surface area (TPSA) is 74.2 Å². The van der Waals surface area contributed by atoms with E-state index >= 15 is 0 Å². The largest absolute Gasteiger partial charge is 0.388 e. The fourth-order valence-corrected chi connectivity index (χ4v) is 3.03. The maximum Gasteiger partial charge on any atom is 0.315 e. The molecule has 0 atom stereocenters. The van der Waals surface area contributed by atoms with Crippen LogP contribution in [0.3, 0.4) is 0 Å². The van der Waals surface area contributed by atoms with Gasteiger partial charge in [-0.3, -0.25) is 0 Å². The van der Waals surface area contributed by atoms with Crippen molar-refractivity contribution >= 4 is 17.4 Å². The molecule has 19 heavy (non-hydrogen) atoms. The van der Waals surface area contributed by atoms with Crippen LogP contribution >= 0.6 is 11.3 Å². The van der Waals surface area contributed by atoms with Crippen LogP contribution in [0.15, 0.2) is 5.38 Å². The highest BCUT2D eigenvalue weighted by Crippen LogP contribution is 2.28. The van der Waals surface area contributed by atoms with Crippen molar-refractivity contribution in [3.63, 3.8) is 0 Å². The van der Waals surface area contributed by atoms with Crippen LogP contribution in [-0.4, -0.2) is 28.3 Å². The van der Waals surface area contributed by atoms with Gasteiger partial charge in [-0.15, -0.1) is 11.3 Å². The second-order valence-corrected chi connectivity index (χ2v) is 6.00. The lowest BCUT2D eigenvalue weighted by Gasteiger charge is -2.22. The number of thiazole rings is 1. The Bertz CT molecular complexity index is 427. The first-order chi connectivity index (χ1) is 9.11. The standard InChI is InChI=1S/C13H21N3O2S/c1-2-11-16-10(8-19-11)7-14-12(17)15-9-13(18)5-3-4-6-13/h8,18H,2-7,9H2,1H3,(H2,14,15,17). The molecule has 3 N–H and O–H groups in total. The molecule has 106 valence electrons. The number of carbonyl (C=O) groups is 1. The zero-order chi connectivity index (χ0) is 13.7. The zero-order valence-electron chi connectivity index (χ0n) is 11.2. The number of hydrogen-bond donors (Lipinski definition) is 3. The predicted octanol–water partition coefficient (Wildman–Crippen LogP) is 1.81. The number of amides is 2. The lowest BCUT2D eigenvalue weighted by Crippen LogP contribution is -2.44. The summed E-state index contributed by atoms with van der Waals surface area (Å²) in [5, 5.41) is 18.6. The number of aromatic nitrogens is 1. The van der Waals surface area contributed by atoms with Crippen LogP contribution in [0.1, 0.15) is 43.3 Å². The second kappa shape index (κ2) is 6.34. The summed E-state index contributed by atoms with van der Waals surface area (Å²) in [5.74, 6) is 0. The molecule has 5 nitrogen and oxygen atoms in total. The van der Waals surface area contributed by atoms with Crippen molar-refractivity contribution in [3.8, 4) is 0 Å². The molecule has 1 saturated carbocycles. The third-order valence-electron chi connectivity index (χ3n) is 3.44. The molecule has 1 aromatic heterocycles. The number of carbonyl (C=O) groups excluding carboxylic acids is 1. The number of urea groups is 1. The molecule has 0 aromatic carbocycles. The van der Waals surface area contributed by atoms with Crippen molar-refractivity contribution in [1.29, 1.82) is 0 Å². The molecule has 0 radical (unpaired) electrons. The van der Waals surface area contributed by atoms with Crippen molar-refractivity contribution in [2.45, 2.75) is 51.2 Å². The van der Waals surface area contributed by atoms with Crippen LogP contribution in [0.5, 0.6) is 0 Å². The zero-order valence-corrected chi connectivity index (χ0v) is 12.1. The smallest absolute Gasteiger partial charge is 0.315 e. The first-order valence-corrected chi connectivity index (χ1v) is 7.67. The van der Waals surface area contributed by atoms with Gasteiger partial charge >= 0.3 is 6.03 Å². The van der Waals surface area contributed by atoms with Gasteiger partial charge in [0, 0.05) is 11.9 Å². The fourth-order valence-electron chi connectivity index (χ4n) is 2.28. The molecule has 1 aliphatic carbocycles. The molecule has 2 amide bonds. The van der Waals surface area contributed by atoms with Crippen molar-refractivity contribution < 1.29 is 9.90 Å². The van der Waals surface area contributed by atoms with Gasteiger partial charge < -0.3 is 15.7 Å². The Labute approximate surface area is 117 Å². The van der Waals surface area contributed by atoms with Crippen LogP contribution in [0, 0.1) is 0 Å². The Hall–Kier alpha value is -1.14. The van der Waals surface area contributed by atoms with Gasteiger partial charge in [-0.05, 0) is 19.3 Å². The molecule has 1 fully saturated rings. The number of nitrogens with one attached hydrogen (secondary N) is 2. The van der Waals surface area contributed by atoms with E-state index in [0.717, 1.165) is 42.8 Å². The SMILES string of the molecule is CCc1nc(CNC(=O)NCC2(O)CCCC2)cs1. The Morgan fingerprint density at radius 1 is 1.47 bits per heavy atom. The monoisotopic (exact) mass is 283 g/mol. The molecule has 1 aliphatic rings. The summed E-state index contributed by atoms with van der Waals surface area (Å²) >= 11 is 1.61. The first-order valence-electron chi connectivity index (χ1n) is 6.79. The average molecular weight is 283 g/mol. The van der Waals surface area contributed by atoms with E-state index in [2.05, 4.69) is 22.5 Å². The Kier molecular flexibility index (Phi) is 4.76. The van der Waals surface area contributed by atoms with Gasteiger partial charge in [0.1, 0.15) is 0 Å². The van der Waals surface area contributed by atoms with Crippen molar-refractivity contribution in [3.05, 3.63) is 16.1 Å². The summed E-state index contributed by atoms with van der Waals surface area (Å²) in [7, 11) is 0. The lowest BCUT2D eigenvalue weighted by molar-refractivity contribution is 0.0501. The van der Waals surface area contributed by atoms with E-state index in [0.29, 0.717) is 13.1 Å². The molecule has 1 heterocycles. The highest BCUT2D eigenvalue weighted by molar-refractivity contribution is 7.09. The molecular weight excluding hydrogens is 262 g/mol. The number of rotatable bonds is 5. The van der Waals surface area contributed by atoms with E-state index in [4.69, 9.17) is 0 Å². The summed E-state index contributed by atoms with van der Waals surface area (Å²) in [6, 6.07) is -0.244. The molecule has 0 saturated heterocycles. The molecule has 6 heteroatoms. The van der Waals surface area contributed by atoms with E-state index in [1.165, 1.54) is 0 Å². The number of aliphatic hydroxyl groups is 1. The first kappa shape index (κ1) is 14.3. The number of hydrogen-bond acceptors (Lipinski definition) is 4. The molecule has 0 spiro atoms. The third-order valence-corrected chi connectivity index (χ3v) is 4.49. The van der Waals surface area contributed by atoms with Crippen molar-refractivity contribution in [2.75, 3.05) is 6.54 Å². The number of nitrogens with zero attached hydrogens (tertiary/aromatic N) is 1. The Morgan fingerprint density at radius 2 is 2.21 bits per heavy atom. The van der Waals surface area contributed by atoms with Gasteiger partial charge in [0.2, 0.25) is 0 Å². The van der Waals surface area contributed by atoms with Gasteiger partial charge in [0.15, 0.2) is 0 Å². The van der Waals surface area contributed by atoms with Gasteiger partial charge in [-0.2, -0.15) is 0 Å². The van der Waals surface area contributed by atoms with E-state index < -0.39 is 5.60 Å². The van der Waals surface area contributed by atoms with Crippen molar-refractivity contribution in [1.82, 2.24) is 15.6 Å². The normalized spacial score (nSPS) is 17.4. The van der Waals surface area contributed by atoms with Crippen LogP contribution in [-0.2, 0) is 13.0 Å². The Balaban J connectivity index is 1.69. The minimum absolute atomic E-state index is 0.244. The number of aryl methyl sites for hydroxylation is 1. The Morgan fingerprint density at radius 3 is 2.84 bits per heavy atom. The summed E-state index contributed by atoms with van der Waals surface area (Å²) in [5.41, 5.74) is 0.185. The van der Waals surface area contributed by atoms with Crippen LogP contribution in [0.2, 0.25) is 0 Å². The summed E-state index contributed by atoms with van der Waals surface area (Å²) in [6.07, 6.45) is 4.55. The second-order valence-electron chi connectivity index (χ2n) is 5.05. The highest BCUT2D eigenvalue weighted by atomic mass is 32.1. The van der Waals surface area contributed by atoms with E-state index in [1.54, 1.807) is 11.3 Å².